The molecule has 16 heavy (non-hydrogen) atoms. The second kappa shape index (κ2) is 5.32. The van der Waals surface area contributed by atoms with Gasteiger partial charge in [-0.2, -0.15) is 0 Å². The molecule has 1 N–H and O–H groups in total. The van der Waals surface area contributed by atoms with Crippen LogP contribution in [-0.2, 0) is 22.7 Å². The van der Waals surface area contributed by atoms with Crippen molar-refractivity contribution in [3.8, 4) is 0 Å². The molecule has 0 saturated heterocycles. The Balaban J connectivity index is 1.94. The maximum absolute atomic E-state index is 5.39. The van der Waals surface area contributed by atoms with Crippen molar-refractivity contribution < 1.29 is 9.47 Å². The predicted molar refractivity (Wildman–Crippen MR) is 64.5 cm³/mol. The summed E-state index contributed by atoms with van der Waals surface area (Å²) in [6.45, 7) is 7.14. The van der Waals surface area contributed by atoms with E-state index in [1.165, 1.54) is 11.1 Å². The van der Waals surface area contributed by atoms with E-state index >= 15 is 0 Å². The molecule has 88 valence electrons. The van der Waals surface area contributed by atoms with Crippen LogP contribution < -0.4 is 5.32 Å². The third kappa shape index (κ3) is 2.74. The van der Waals surface area contributed by atoms with Crippen LogP contribution in [0.4, 0.5) is 5.69 Å². The average Bonchev–Trinajstić information content (AvgIpc) is 2.73. The van der Waals surface area contributed by atoms with E-state index in [1.54, 1.807) is 0 Å². The second-order valence-corrected chi connectivity index (χ2v) is 4.18. The first-order valence-electron chi connectivity index (χ1n) is 5.83. The van der Waals surface area contributed by atoms with E-state index in [2.05, 4.69) is 30.4 Å². The highest BCUT2D eigenvalue weighted by atomic mass is 16.5. The van der Waals surface area contributed by atoms with Crippen LogP contribution in [0.2, 0.25) is 0 Å². The number of anilines is 1. The van der Waals surface area contributed by atoms with Crippen LogP contribution in [0.15, 0.2) is 18.2 Å². The minimum absolute atomic E-state index is 0.334. The largest absolute Gasteiger partial charge is 0.380 e. The van der Waals surface area contributed by atoms with Crippen LogP contribution in [0.25, 0.3) is 0 Å². The van der Waals surface area contributed by atoms with Gasteiger partial charge in [0.2, 0.25) is 0 Å². The highest BCUT2D eigenvalue weighted by Gasteiger charge is 2.11. The molecule has 0 aliphatic carbocycles. The lowest BCUT2D eigenvalue weighted by Gasteiger charge is -2.15. The van der Waals surface area contributed by atoms with Gasteiger partial charge in [-0.1, -0.05) is 6.07 Å². The maximum Gasteiger partial charge on any atom is 0.0725 e. The Kier molecular flexibility index (Phi) is 3.80. The number of ether oxygens (including phenoxy) is 2. The molecule has 0 aromatic heterocycles. The molecular weight excluding hydrogens is 202 g/mol. The van der Waals surface area contributed by atoms with Crippen LogP contribution in [-0.4, -0.2) is 19.3 Å². The third-order valence-electron chi connectivity index (χ3n) is 2.71. The Morgan fingerprint density at radius 3 is 3.00 bits per heavy atom. The molecule has 3 heteroatoms. The normalized spacial score (nSPS) is 15.9. The lowest BCUT2D eigenvalue weighted by atomic mass is 10.1. The number of benzene rings is 1. The quantitative estimate of drug-likeness (QED) is 0.829. The van der Waals surface area contributed by atoms with Gasteiger partial charge in [0.05, 0.1) is 19.8 Å². The SMILES string of the molecule is CCOCC(C)Nc1ccc2c(c1)COC2. The van der Waals surface area contributed by atoms with Crippen molar-refractivity contribution >= 4 is 5.69 Å². The summed E-state index contributed by atoms with van der Waals surface area (Å²) >= 11 is 0. The molecule has 0 fully saturated rings. The van der Waals surface area contributed by atoms with Crippen LogP contribution >= 0.6 is 0 Å². The second-order valence-electron chi connectivity index (χ2n) is 4.18. The summed E-state index contributed by atoms with van der Waals surface area (Å²) in [5.41, 5.74) is 3.76. The molecule has 0 saturated carbocycles. The van der Waals surface area contributed by atoms with Gasteiger partial charge in [0.1, 0.15) is 0 Å². The highest BCUT2D eigenvalue weighted by molar-refractivity contribution is 5.49. The zero-order valence-electron chi connectivity index (χ0n) is 9.95. The zero-order chi connectivity index (χ0) is 11.4. The summed E-state index contributed by atoms with van der Waals surface area (Å²) in [5.74, 6) is 0. The summed E-state index contributed by atoms with van der Waals surface area (Å²) in [6.07, 6.45) is 0. The first-order valence-corrected chi connectivity index (χ1v) is 5.83. The fourth-order valence-corrected chi connectivity index (χ4v) is 1.88. The summed E-state index contributed by atoms with van der Waals surface area (Å²) in [6, 6.07) is 6.75. The van der Waals surface area contributed by atoms with E-state index in [-0.39, 0.29) is 0 Å². The number of rotatable bonds is 5. The molecule has 1 aliphatic heterocycles. The standard InChI is InChI=1S/C13H19NO2/c1-3-15-7-10(2)14-13-5-4-11-8-16-9-12(11)6-13/h4-6,10,14H,3,7-9H2,1-2H3. The first kappa shape index (κ1) is 11.4. The van der Waals surface area contributed by atoms with Gasteiger partial charge >= 0.3 is 0 Å². The smallest absolute Gasteiger partial charge is 0.0725 e. The van der Waals surface area contributed by atoms with Crippen molar-refractivity contribution in [2.45, 2.75) is 33.1 Å². The number of nitrogens with one attached hydrogen (secondary N) is 1. The minimum Gasteiger partial charge on any atom is -0.380 e. The molecule has 0 spiro atoms. The van der Waals surface area contributed by atoms with E-state index in [0.29, 0.717) is 6.04 Å². The van der Waals surface area contributed by atoms with Gasteiger partial charge in [-0.25, -0.2) is 0 Å². The summed E-state index contributed by atoms with van der Waals surface area (Å²) in [7, 11) is 0. The molecule has 0 radical (unpaired) electrons. The Bertz CT molecular complexity index is 352. The van der Waals surface area contributed by atoms with Crippen LogP contribution in [0, 0.1) is 0 Å². The Hall–Kier alpha value is -1.06. The molecule has 1 aliphatic rings. The summed E-state index contributed by atoms with van der Waals surface area (Å²) < 4.78 is 10.8. The van der Waals surface area contributed by atoms with E-state index < -0.39 is 0 Å². The monoisotopic (exact) mass is 221 g/mol. The summed E-state index contributed by atoms with van der Waals surface area (Å²) in [5, 5.41) is 3.43. The van der Waals surface area contributed by atoms with Gasteiger partial charge in [-0.15, -0.1) is 0 Å². The van der Waals surface area contributed by atoms with Gasteiger partial charge in [-0.3, -0.25) is 0 Å². The molecule has 0 amide bonds. The Morgan fingerprint density at radius 2 is 2.19 bits per heavy atom. The average molecular weight is 221 g/mol. The molecule has 2 rings (SSSR count). The zero-order valence-corrected chi connectivity index (χ0v) is 9.95. The van der Waals surface area contributed by atoms with Crippen LogP contribution in [0.5, 0.6) is 0 Å². The van der Waals surface area contributed by atoms with E-state index in [1.807, 2.05) is 6.92 Å². The van der Waals surface area contributed by atoms with Gasteiger partial charge in [0, 0.05) is 18.3 Å². The molecule has 1 aromatic rings. The molecule has 1 heterocycles. The van der Waals surface area contributed by atoms with Crippen molar-refractivity contribution in [1.82, 2.24) is 0 Å². The fraction of sp³-hybridized carbons (Fsp3) is 0.538. The Labute approximate surface area is 96.8 Å². The van der Waals surface area contributed by atoms with Gasteiger partial charge in [0.25, 0.3) is 0 Å². The summed E-state index contributed by atoms with van der Waals surface area (Å²) in [4.78, 5) is 0. The lowest BCUT2D eigenvalue weighted by molar-refractivity contribution is 0.134. The maximum atomic E-state index is 5.39. The van der Waals surface area contributed by atoms with E-state index in [4.69, 9.17) is 9.47 Å². The minimum atomic E-state index is 0.334. The van der Waals surface area contributed by atoms with Crippen molar-refractivity contribution in [2.24, 2.45) is 0 Å². The van der Waals surface area contributed by atoms with E-state index in [0.717, 1.165) is 32.1 Å². The molecule has 0 bridgehead atoms. The predicted octanol–water partition coefficient (Wildman–Crippen LogP) is 2.55. The van der Waals surface area contributed by atoms with Crippen molar-refractivity contribution in [3.63, 3.8) is 0 Å². The molecule has 1 unspecified atom stereocenters. The van der Waals surface area contributed by atoms with Crippen LogP contribution in [0.1, 0.15) is 25.0 Å². The van der Waals surface area contributed by atoms with Gasteiger partial charge in [-0.05, 0) is 37.1 Å². The number of fused-ring (bicyclic) bond motifs is 1. The Morgan fingerprint density at radius 1 is 1.38 bits per heavy atom. The number of hydrogen-bond donors (Lipinski definition) is 1. The lowest BCUT2D eigenvalue weighted by Crippen LogP contribution is -2.21. The van der Waals surface area contributed by atoms with Crippen molar-refractivity contribution in [1.29, 1.82) is 0 Å². The highest BCUT2D eigenvalue weighted by Crippen LogP contribution is 2.23. The first-order chi connectivity index (χ1) is 7.79. The van der Waals surface area contributed by atoms with Crippen molar-refractivity contribution in [2.75, 3.05) is 18.5 Å². The molecule has 1 aromatic carbocycles. The molecular formula is C13H19NO2. The van der Waals surface area contributed by atoms with Crippen molar-refractivity contribution in [3.05, 3.63) is 29.3 Å². The fourth-order valence-electron chi connectivity index (χ4n) is 1.88. The topological polar surface area (TPSA) is 30.5 Å². The third-order valence-corrected chi connectivity index (χ3v) is 2.71. The van der Waals surface area contributed by atoms with Crippen LogP contribution in [0.3, 0.4) is 0 Å². The van der Waals surface area contributed by atoms with Gasteiger partial charge < -0.3 is 14.8 Å². The molecule has 1 atom stereocenters. The van der Waals surface area contributed by atoms with E-state index in [9.17, 15) is 0 Å². The molecule has 3 nitrogen and oxygen atoms in total. The van der Waals surface area contributed by atoms with Gasteiger partial charge in [0.15, 0.2) is 0 Å². The number of hydrogen-bond acceptors (Lipinski definition) is 3.